The number of rotatable bonds is 4. The Hall–Kier alpha value is -2.83. The highest BCUT2D eigenvalue weighted by Gasteiger charge is 2.45. The summed E-state index contributed by atoms with van der Waals surface area (Å²) >= 11 is 0. The molecule has 1 atom stereocenters. The van der Waals surface area contributed by atoms with Crippen LogP contribution in [0.4, 0.5) is 0 Å². The van der Waals surface area contributed by atoms with Gasteiger partial charge in [-0.2, -0.15) is 0 Å². The van der Waals surface area contributed by atoms with Crippen LogP contribution in [0.5, 0.6) is 0 Å². The second-order valence-corrected chi connectivity index (χ2v) is 6.45. The molecule has 0 spiro atoms. The summed E-state index contributed by atoms with van der Waals surface area (Å²) in [7, 11) is 1.62. The maximum Gasteiger partial charge on any atom is 0.271 e. The van der Waals surface area contributed by atoms with Crippen molar-refractivity contribution in [1.82, 2.24) is 20.1 Å². The molecule has 0 unspecified atom stereocenters. The lowest BCUT2D eigenvalue weighted by Gasteiger charge is -2.41. The number of amides is 3. The summed E-state index contributed by atoms with van der Waals surface area (Å²) in [6.07, 6.45) is 0. The van der Waals surface area contributed by atoms with E-state index < -0.39 is 5.54 Å². The molecule has 0 fully saturated rings. The van der Waals surface area contributed by atoms with Gasteiger partial charge in [0.2, 0.25) is 11.8 Å². The Bertz CT molecular complexity index is 857. The van der Waals surface area contributed by atoms with E-state index >= 15 is 0 Å². The number of benzene rings is 1. The third-order valence-corrected chi connectivity index (χ3v) is 4.81. The molecule has 1 aromatic heterocycles. The van der Waals surface area contributed by atoms with Crippen LogP contribution in [0.25, 0.3) is 10.9 Å². The molecule has 3 amide bonds. The molecule has 7 heteroatoms. The first-order chi connectivity index (χ1) is 11.9. The van der Waals surface area contributed by atoms with Crippen molar-refractivity contribution in [3.63, 3.8) is 0 Å². The Morgan fingerprint density at radius 2 is 1.96 bits per heavy atom. The number of hydrogen-bond donors (Lipinski definition) is 2. The second-order valence-electron chi connectivity index (χ2n) is 6.45. The number of fused-ring (bicyclic) bond motifs is 3. The van der Waals surface area contributed by atoms with E-state index in [0.29, 0.717) is 18.8 Å². The van der Waals surface area contributed by atoms with E-state index in [-0.39, 0.29) is 24.3 Å². The van der Waals surface area contributed by atoms with E-state index in [1.165, 1.54) is 4.90 Å². The predicted octanol–water partition coefficient (Wildman–Crippen LogP) is 0.738. The third kappa shape index (κ3) is 2.75. The Labute approximate surface area is 146 Å². The Morgan fingerprint density at radius 1 is 1.24 bits per heavy atom. The highest BCUT2D eigenvalue weighted by Crippen LogP contribution is 2.31. The second kappa shape index (κ2) is 6.23. The minimum atomic E-state index is -1.07. The molecule has 1 aliphatic heterocycles. The highest BCUT2D eigenvalue weighted by molar-refractivity contribution is 6.03. The number of aromatic nitrogens is 1. The van der Waals surface area contributed by atoms with E-state index in [9.17, 15) is 14.4 Å². The van der Waals surface area contributed by atoms with Crippen molar-refractivity contribution >= 4 is 28.6 Å². The van der Waals surface area contributed by atoms with Crippen molar-refractivity contribution in [3.05, 3.63) is 36.0 Å². The molecular weight excluding hydrogens is 320 g/mol. The average Bonchev–Trinajstić information content (AvgIpc) is 2.96. The van der Waals surface area contributed by atoms with Crippen molar-refractivity contribution < 1.29 is 14.4 Å². The van der Waals surface area contributed by atoms with Gasteiger partial charge in [-0.15, -0.1) is 0 Å². The van der Waals surface area contributed by atoms with Crippen molar-refractivity contribution in [2.24, 2.45) is 0 Å². The van der Waals surface area contributed by atoms with Gasteiger partial charge < -0.3 is 20.1 Å². The van der Waals surface area contributed by atoms with Crippen LogP contribution in [0.2, 0.25) is 0 Å². The van der Waals surface area contributed by atoms with Gasteiger partial charge in [-0.1, -0.05) is 18.2 Å². The smallest absolute Gasteiger partial charge is 0.271 e. The number of hydrogen-bond acceptors (Lipinski definition) is 3. The standard InChI is InChI=1S/C18H22N4O3/c1-4-19-15(23)10-20-17(25)18(2)11-22-13-8-6-5-7-12(13)9-14(22)16(24)21(18)3/h5-9H,4,10-11H2,1-3H3,(H,19,23)(H,20,25)/t18-/m1/s1. The summed E-state index contributed by atoms with van der Waals surface area (Å²) in [5.41, 5.74) is 0.414. The quantitative estimate of drug-likeness (QED) is 0.860. The molecule has 2 aromatic rings. The van der Waals surface area contributed by atoms with E-state index in [1.807, 2.05) is 41.8 Å². The zero-order chi connectivity index (χ0) is 18.2. The Kier molecular flexibility index (Phi) is 4.24. The number of carbonyl (C=O) groups is 3. The molecule has 0 bridgehead atoms. The predicted molar refractivity (Wildman–Crippen MR) is 94.1 cm³/mol. The lowest BCUT2D eigenvalue weighted by atomic mass is 9.95. The summed E-state index contributed by atoms with van der Waals surface area (Å²) in [4.78, 5) is 38.6. The minimum Gasteiger partial charge on any atom is -0.355 e. The average molecular weight is 342 g/mol. The Balaban J connectivity index is 1.91. The van der Waals surface area contributed by atoms with Crippen LogP contribution in [0, 0.1) is 0 Å². The van der Waals surface area contributed by atoms with Gasteiger partial charge in [0, 0.05) is 24.5 Å². The molecular formula is C18H22N4O3. The van der Waals surface area contributed by atoms with E-state index in [1.54, 1.807) is 14.0 Å². The molecule has 2 N–H and O–H groups in total. The largest absolute Gasteiger partial charge is 0.355 e. The molecule has 2 heterocycles. The fourth-order valence-corrected chi connectivity index (χ4v) is 3.20. The summed E-state index contributed by atoms with van der Waals surface area (Å²) in [5, 5.41) is 6.24. The molecule has 1 aliphatic rings. The lowest BCUT2D eigenvalue weighted by Crippen LogP contribution is -2.63. The molecule has 0 saturated heterocycles. The maximum absolute atomic E-state index is 12.8. The van der Waals surface area contributed by atoms with Gasteiger partial charge >= 0.3 is 0 Å². The number of carbonyl (C=O) groups excluding carboxylic acids is 3. The minimum absolute atomic E-state index is 0.108. The van der Waals surface area contributed by atoms with Gasteiger partial charge in [0.15, 0.2) is 0 Å². The summed E-state index contributed by atoms with van der Waals surface area (Å²) < 4.78 is 1.88. The van der Waals surface area contributed by atoms with Crippen LogP contribution >= 0.6 is 0 Å². The first kappa shape index (κ1) is 17.0. The van der Waals surface area contributed by atoms with Crippen LogP contribution < -0.4 is 10.6 Å². The van der Waals surface area contributed by atoms with E-state index in [4.69, 9.17) is 0 Å². The number of para-hydroxylation sites is 1. The van der Waals surface area contributed by atoms with Crippen molar-refractivity contribution in [2.45, 2.75) is 25.9 Å². The van der Waals surface area contributed by atoms with Gasteiger partial charge in [0.25, 0.3) is 5.91 Å². The van der Waals surface area contributed by atoms with Crippen LogP contribution in [-0.4, -0.2) is 52.9 Å². The molecule has 3 rings (SSSR count). The molecule has 25 heavy (non-hydrogen) atoms. The van der Waals surface area contributed by atoms with Crippen LogP contribution in [0.1, 0.15) is 24.3 Å². The van der Waals surface area contributed by atoms with Crippen molar-refractivity contribution in [2.75, 3.05) is 20.1 Å². The normalized spacial score (nSPS) is 19.6. The fraction of sp³-hybridized carbons (Fsp3) is 0.389. The topological polar surface area (TPSA) is 83.4 Å². The van der Waals surface area contributed by atoms with E-state index in [2.05, 4.69) is 10.6 Å². The first-order valence-electron chi connectivity index (χ1n) is 8.30. The SMILES string of the molecule is CCNC(=O)CNC(=O)[C@@]1(C)Cn2c(cc3ccccc32)C(=O)N1C. The van der Waals surface area contributed by atoms with Gasteiger partial charge in [0.1, 0.15) is 11.2 Å². The first-order valence-corrected chi connectivity index (χ1v) is 8.30. The molecule has 0 aliphatic carbocycles. The summed E-state index contributed by atoms with van der Waals surface area (Å²) in [6.45, 7) is 4.26. The fourth-order valence-electron chi connectivity index (χ4n) is 3.20. The summed E-state index contributed by atoms with van der Waals surface area (Å²) in [5.74, 6) is -0.813. The van der Waals surface area contributed by atoms with Gasteiger partial charge in [-0.05, 0) is 26.0 Å². The van der Waals surface area contributed by atoms with Crippen molar-refractivity contribution in [1.29, 1.82) is 0 Å². The number of likely N-dealkylation sites (N-methyl/N-ethyl adjacent to an activating group) is 2. The van der Waals surface area contributed by atoms with Crippen LogP contribution in [-0.2, 0) is 16.1 Å². The zero-order valence-corrected chi connectivity index (χ0v) is 14.6. The molecule has 7 nitrogen and oxygen atoms in total. The maximum atomic E-state index is 12.8. The lowest BCUT2D eigenvalue weighted by molar-refractivity contribution is -0.134. The Morgan fingerprint density at radius 3 is 2.68 bits per heavy atom. The van der Waals surface area contributed by atoms with Gasteiger partial charge in [-0.3, -0.25) is 14.4 Å². The zero-order valence-electron chi connectivity index (χ0n) is 14.6. The van der Waals surface area contributed by atoms with Gasteiger partial charge in [-0.25, -0.2) is 0 Å². The van der Waals surface area contributed by atoms with Crippen LogP contribution in [0.3, 0.4) is 0 Å². The molecule has 0 saturated carbocycles. The molecule has 1 aromatic carbocycles. The number of nitrogens with zero attached hydrogens (tertiary/aromatic N) is 2. The molecule has 0 radical (unpaired) electrons. The monoisotopic (exact) mass is 342 g/mol. The van der Waals surface area contributed by atoms with Gasteiger partial charge in [0.05, 0.1) is 13.1 Å². The molecule has 132 valence electrons. The third-order valence-electron chi connectivity index (χ3n) is 4.81. The summed E-state index contributed by atoms with van der Waals surface area (Å²) in [6, 6.07) is 9.55. The van der Waals surface area contributed by atoms with Crippen molar-refractivity contribution in [3.8, 4) is 0 Å². The number of nitrogens with one attached hydrogen (secondary N) is 2. The highest BCUT2D eigenvalue weighted by atomic mass is 16.2. The van der Waals surface area contributed by atoms with Crippen LogP contribution in [0.15, 0.2) is 30.3 Å². The van der Waals surface area contributed by atoms with E-state index in [0.717, 1.165) is 10.9 Å².